The summed E-state index contributed by atoms with van der Waals surface area (Å²) in [5, 5.41) is 12.0. The molecule has 4 heteroatoms. The Kier molecular flexibility index (Phi) is 2.26. The molecule has 0 saturated heterocycles. The van der Waals surface area contributed by atoms with Crippen molar-refractivity contribution in [2.45, 2.75) is 18.4 Å². The minimum absolute atomic E-state index is 0.680. The molecule has 1 fully saturated rings. The van der Waals surface area contributed by atoms with Crippen LogP contribution in [0.4, 0.5) is 5.69 Å². The molecule has 0 aliphatic heterocycles. The Morgan fingerprint density at radius 3 is 2.80 bits per heavy atom. The fourth-order valence-corrected chi connectivity index (χ4v) is 1.49. The fourth-order valence-electron chi connectivity index (χ4n) is 1.49. The number of anilines is 1. The number of hydrogen-bond donors (Lipinski definition) is 2. The molecule has 15 heavy (non-hydrogen) atoms. The van der Waals surface area contributed by atoms with Crippen LogP contribution in [-0.4, -0.2) is 23.7 Å². The number of methoxy groups -OCH3 is 1. The van der Waals surface area contributed by atoms with Gasteiger partial charge in [-0.2, -0.15) is 0 Å². The quantitative estimate of drug-likeness (QED) is 0.789. The van der Waals surface area contributed by atoms with Gasteiger partial charge >= 0.3 is 5.97 Å². The molecule has 1 saturated carbocycles. The van der Waals surface area contributed by atoms with Gasteiger partial charge in [-0.3, -0.25) is 0 Å². The molecule has 1 aliphatic carbocycles. The SMILES string of the molecule is COc1cccc(NC2(C(=O)O)CC2)c1. The van der Waals surface area contributed by atoms with Gasteiger partial charge in [0, 0.05) is 11.8 Å². The van der Waals surface area contributed by atoms with Gasteiger partial charge in [0.15, 0.2) is 0 Å². The van der Waals surface area contributed by atoms with Crippen LogP contribution in [-0.2, 0) is 4.79 Å². The van der Waals surface area contributed by atoms with Crippen molar-refractivity contribution < 1.29 is 14.6 Å². The predicted octanol–water partition coefficient (Wildman–Crippen LogP) is 1.72. The molecule has 2 rings (SSSR count). The van der Waals surface area contributed by atoms with Gasteiger partial charge in [0.1, 0.15) is 11.3 Å². The zero-order valence-corrected chi connectivity index (χ0v) is 8.49. The van der Waals surface area contributed by atoms with Crippen LogP contribution in [0.2, 0.25) is 0 Å². The van der Waals surface area contributed by atoms with E-state index in [9.17, 15) is 4.79 Å². The maximum Gasteiger partial charge on any atom is 0.329 e. The van der Waals surface area contributed by atoms with E-state index in [2.05, 4.69) is 5.32 Å². The van der Waals surface area contributed by atoms with Crippen LogP contribution in [0, 0.1) is 0 Å². The minimum atomic E-state index is -0.787. The second kappa shape index (κ2) is 3.46. The molecule has 0 unspecified atom stereocenters. The third-order valence-electron chi connectivity index (χ3n) is 2.61. The van der Waals surface area contributed by atoms with Crippen molar-refractivity contribution in [1.82, 2.24) is 0 Å². The summed E-state index contributed by atoms with van der Waals surface area (Å²) in [5.74, 6) is -0.0634. The van der Waals surface area contributed by atoms with E-state index in [0.717, 1.165) is 11.4 Å². The van der Waals surface area contributed by atoms with Gasteiger partial charge in [-0.15, -0.1) is 0 Å². The Bertz CT molecular complexity index is 385. The van der Waals surface area contributed by atoms with Crippen molar-refractivity contribution in [2.75, 3.05) is 12.4 Å². The van der Waals surface area contributed by atoms with Crippen LogP contribution >= 0.6 is 0 Å². The zero-order valence-electron chi connectivity index (χ0n) is 8.49. The van der Waals surface area contributed by atoms with E-state index in [4.69, 9.17) is 9.84 Å². The first-order valence-electron chi connectivity index (χ1n) is 4.82. The maximum atomic E-state index is 10.9. The summed E-state index contributed by atoms with van der Waals surface area (Å²) in [4.78, 5) is 10.9. The van der Waals surface area contributed by atoms with Gasteiger partial charge in [0.2, 0.25) is 0 Å². The number of aliphatic carboxylic acids is 1. The summed E-state index contributed by atoms with van der Waals surface area (Å²) in [6.07, 6.45) is 1.36. The lowest BCUT2D eigenvalue weighted by Crippen LogP contribution is -2.31. The summed E-state index contributed by atoms with van der Waals surface area (Å²) in [6.45, 7) is 0. The summed E-state index contributed by atoms with van der Waals surface area (Å²) < 4.78 is 5.06. The van der Waals surface area contributed by atoms with Crippen molar-refractivity contribution in [3.05, 3.63) is 24.3 Å². The van der Waals surface area contributed by atoms with Crippen molar-refractivity contribution in [2.24, 2.45) is 0 Å². The molecule has 0 radical (unpaired) electrons. The molecule has 80 valence electrons. The standard InChI is InChI=1S/C11H13NO3/c1-15-9-4-2-3-8(7-9)12-11(5-6-11)10(13)14/h2-4,7,12H,5-6H2,1H3,(H,13,14). The third-order valence-corrected chi connectivity index (χ3v) is 2.61. The Morgan fingerprint density at radius 2 is 2.27 bits per heavy atom. The van der Waals surface area contributed by atoms with Crippen LogP contribution in [0.5, 0.6) is 5.75 Å². The van der Waals surface area contributed by atoms with Gasteiger partial charge in [-0.05, 0) is 25.0 Å². The van der Waals surface area contributed by atoms with Crippen LogP contribution in [0.25, 0.3) is 0 Å². The lowest BCUT2D eigenvalue weighted by atomic mass is 10.2. The highest BCUT2D eigenvalue weighted by atomic mass is 16.5. The molecule has 2 N–H and O–H groups in total. The molecule has 0 amide bonds. The number of ether oxygens (including phenoxy) is 1. The monoisotopic (exact) mass is 207 g/mol. The number of benzene rings is 1. The second-order valence-electron chi connectivity index (χ2n) is 3.74. The summed E-state index contributed by atoms with van der Waals surface area (Å²) in [7, 11) is 1.59. The number of hydrogen-bond acceptors (Lipinski definition) is 3. The average Bonchev–Trinajstić information content (AvgIpc) is 2.99. The minimum Gasteiger partial charge on any atom is -0.497 e. The van der Waals surface area contributed by atoms with Crippen LogP contribution < -0.4 is 10.1 Å². The molecule has 1 aromatic rings. The van der Waals surface area contributed by atoms with E-state index in [-0.39, 0.29) is 0 Å². The number of carbonyl (C=O) groups is 1. The normalized spacial score (nSPS) is 16.9. The first-order chi connectivity index (χ1) is 7.16. The molecule has 0 aromatic heterocycles. The van der Waals surface area contributed by atoms with Crippen LogP contribution in [0.3, 0.4) is 0 Å². The highest BCUT2D eigenvalue weighted by Crippen LogP contribution is 2.39. The third kappa shape index (κ3) is 1.88. The van der Waals surface area contributed by atoms with Crippen molar-refractivity contribution in [3.63, 3.8) is 0 Å². The molecule has 1 aliphatic rings. The van der Waals surface area contributed by atoms with E-state index < -0.39 is 11.5 Å². The van der Waals surface area contributed by atoms with Gasteiger partial charge < -0.3 is 15.2 Å². The maximum absolute atomic E-state index is 10.9. The van der Waals surface area contributed by atoms with Gasteiger partial charge in [0.05, 0.1) is 7.11 Å². The summed E-state index contributed by atoms with van der Waals surface area (Å²) in [5.41, 5.74) is 0.0427. The Balaban J connectivity index is 2.14. The highest BCUT2D eigenvalue weighted by Gasteiger charge is 2.50. The Morgan fingerprint density at radius 1 is 1.53 bits per heavy atom. The fraction of sp³-hybridized carbons (Fsp3) is 0.364. The van der Waals surface area contributed by atoms with Crippen LogP contribution in [0.15, 0.2) is 24.3 Å². The largest absolute Gasteiger partial charge is 0.497 e. The van der Waals surface area contributed by atoms with Crippen molar-refractivity contribution in [1.29, 1.82) is 0 Å². The van der Waals surface area contributed by atoms with Gasteiger partial charge in [-0.1, -0.05) is 6.07 Å². The number of rotatable bonds is 4. The second-order valence-corrected chi connectivity index (χ2v) is 3.74. The molecule has 0 atom stereocenters. The predicted molar refractivity (Wildman–Crippen MR) is 56.2 cm³/mol. The molecule has 0 bridgehead atoms. The van der Waals surface area contributed by atoms with E-state index in [1.807, 2.05) is 18.2 Å². The molecular weight excluding hydrogens is 194 g/mol. The van der Waals surface area contributed by atoms with Crippen molar-refractivity contribution in [3.8, 4) is 5.75 Å². The molecular formula is C11H13NO3. The summed E-state index contributed by atoms with van der Waals surface area (Å²) in [6, 6.07) is 7.29. The smallest absolute Gasteiger partial charge is 0.329 e. The Hall–Kier alpha value is -1.71. The van der Waals surface area contributed by atoms with Crippen molar-refractivity contribution >= 4 is 11.7 Å². The van der Waals surface area contributed by atoms with E-state index >= 15 is 0 Å². The number of carboxylic acids is 1. The average molecular weight is 207 g/mol. The first kappa shape index (κ1) is 9.83. The van der Waals surface area contributed by atoms with Gasteiger partial charge in [-0.25, -0.2) is 4.79 Å². The molecule has 0 spiro atoms. The van der Waals surface area contributed by atoms with E-state index in [0.29, 0.717) is 12.8 Å². The van der Waals surface area contributed by atoms with Gasteiger partial charge in [0.25, 0.3) is 0 Å². The highest BCUT2D eigenvalue weighted by molar-refractivity contribution is 5.86. The molecule has 4 nitrogen and oxygen atoms in total. The van der Waals surface area contributed by atoms with Crippen LogP contribution in [0.1, 0.15) is 12.8 Å². The Labute approximate surface area is 87.9 Å². The zero-order chi connectivity index (χ0) is 10.9. The lowest BCUT2D eigenvalue weighted by Gasteiger charge is -2.14. The molecule has 1 aromatic carbocycles. The first-order valence-corrected chi connectivity index (χ1v) is 4.82. The summed E-state index contributed by atoms with van der Waals surface area (Å²) >= 11 is 0. The van der Waals surface area contributed by atoms with E-state index in [1.54, 1.807) is 13.2 Å². The number of carboxylic acid groups (broad SMARTS) is 1. The van der Waals surface area contributed by atoms with E-state index in [1.165, 1.54) is 0 Å². The topological polar surface area (TPSA) is 58.6 Å². The lowest BCUT2D eigenvalue weighted by molar-refractivity contribution is -0.138. The number of nitrogens with one attached hydrogen (secondary N) is 1. The molecule has 0 heterocycles.